The Morgan fingerprint density at radius 1 is 1.04 bits per heavy atom. The maximum Gasteiger partial charge on any atom is 0.282 e. The lowest BCUT2D eigenvalue weighted by Crippen LogP contribution is -2.42. The third-order valence-electron chi connectivity index (χ3n) is 5.89. The Balaban J connectivity index is 1.62. The molecule has 0 radical (unpaired) electrons. The molecule has 7 heteroatoms. The second kappa shape index (κ2) is 7.55. The van der Waals surface area contributed by atoms with Crippen molar-refractivity contribution < 1.29 is 12.8 Å². The zero-order valence-electron chi connectivity index (χ0n) is 16.2. The molecule has 0 aliphatic carbocycles. The molecule has 0 spiro atoms. The fourth-order valence-electron chi connectivity index (χ4n) is 4.62. The van der Waals surface area contributed by atoms with Crippen LogP contribution in [0, 0.1) is 17.7 Å². The highest BCUT2D eigenvalue weighted by Gasteiger charge is 2.51. The number of likely N-dealkylation sites (tertiary alicyclic amines) is 1. The highest BCUT2D eigenvalue weighted by atomic mass is 32.2. The molecule has 0 unspecified atom stereocenters. The number of hydrogen-bond donors (Lipinski definition) is 0. The molecule has 0 saturated carbocycles. The van der Waals surface area contributed by atoms with E-state index in [9.17, 15) is 12.8 Å². The largest absolute Gasteiger partial charge is 0.298 e. The van der Waals surface area contributed by atoms with Crippen molar-refractivity contribution >= 4 is 10.2 Å². The molecule has 2 aliphatic rings. The molecular formula is C21H26FN3O2S. The molecule has 5 nitrogen and oxygen atoms in total. The van der Waals surface area contributed by atoms with Crippen LogP contribution < -0.4 is 0 Å². The monoisotopic (exact) mass is 403 g/mol. The van der Waals surface area contributed by atoms with Gasteiger partial charge in [-0.25, -0.2) is 4.39 Å². The number of fused-ring (bicyclic) bond motifs is 1. The number of halogens is 1. The van der Waals surface area contributed by atoms with E-state index in [4.69, 9.17) is 0 Å². The predicted octanol–water partition coefficient (Wildman–Crippen LogP) is 2.74. The summed E-state index contributed by atoms with van der Waals surface area (Å²) in [6, 6.07) is 16.3. The Morgan fingerprint density at radius 2 is 1.79 bits per heavy atom. The minimum atomic E-state index is -3.58. The van der Waals surface area contributed by atoms with Crippen LogP contribution in [0.4, 0.5) is 4.39 Å². The van der Waals surface area contributed by atoms with Gasteiger partial charge in [-0.05, 0) is 35.1 Å². The van der Waals surface area contributed by atoms with Crippen LogP contribution in [-0.4, -0.2) is 55.7 Å². The third kappa shape index (κ3) is 3.59. The number of hydrogen-bond acceptors (Lipinski definition) is 3. The lowest BCUT2D eigenvalue weighted by Gasteiger charge is -2.31. The smallest absolute Gasteiger partial charge is 0.282 e. The Labute approximate surface area is 166 Å². The van der Waals surface area contributed by atoms with Crippen molar-refractivity contribution in [3.8, 4) is 0 Å². The van der Waals surface area contributed by atoms with Crippen LogP contribution in [0.2, 0.25) is 0 Å². The highest BCUT2D eigenvalue weighted by molar-refractivity contribution is 7.86. The molecule has 0 amide bonds. The van der Waals surface area contributed by atoms with Crippen LogP contribution in [0.3, 0.4) is 0 Å². The molecule has 0 aromatic heterocycles. The van der Waals surface area contributed by atoms with Gasteiger partial charge in [-0.1, -0.05) is 42.5 Å². The number of nitrogens with zero attached hydrogens (tertiary/aromatic N) is 3. The van der Waals surface area contributed by atoms with Gasteiger partial charge in [-0.2, -0.15) is 17.0 Å². The molecule has 2 fully saturated rings. The maximum atomic E-state index is 13.9. The van der Waals surface area contributed by atoms with Crippen LogP contribution >= 0.6 is 0 Å². The minimum Gasteiger partial charge on any atom is -0.298 e. The van der Waals surface area contributed by atoms with E-state index in [0.29, 0.717) is 6.54 Å². The van der Waals surface area contributed by atoms with Crippen molar-refractivity contribution in [2.75, 3.05) is 33.7 Å². The first-order valence-electron chi connectivity index (χ1n) is 9.57. The standard InChI is InChI=1S/C21H26FN3O2S/c1-23(2)28(26,27)25-14-18-13-24(12-16-7-4-3-5-8-16)15-20(18)21(25)17-9-6-10-19(22)11-17/h3-11,18,20-21H,12-15H2,1-2H3/t18-,20-,21+/m0/s1. The van der Waals surface area contributed by atoms with Crippen LogP contribution in [0.5, 0.6) is 0 Å². The molecule has 2 saturated heterocycles. The summed E-state index contributed by atoms with van der Waals surface area (Å²) < 4.78 is 42.6. The number of rotatable bonds is 5. The Morgan fingerprint density at radius 3 is 2.46 bits per heavy atom. The first-order chi connectivity index (χ1) is 13.4. The first kappa shape index (κ1) is 19.5. The van der Waals surface area contributed by atoms with Gasteiger partial charge < -0.3 is 0 Å². The molecule has 2 aliphatic heterocycles. The zero-order valence-corrected chi connectivity index (χ0v) is 17.0. The molecule has 28 heavy (non-hydrogen) atoms. The summed E-state index contributed by atoms with van der Waals surface area (Å²) in [5.74, 6) is 0.0641. The quantitative estimate of drug-likeness (QED) is 0.771. The summed E-state index contributed by atoms with van der Waals surface area (Å²) in [6.07, 6.45) is 0. The summed E-state index contributed by atoms with van der Waals surface area (Å²) in [5.41, 5.74) is 1.99. The van der Waals surface area contributed by atoms with Crippen molar-refractivity contribution in [3.63, 3.8) is 0 Å². The van der Waals surface area contributed by atoms with Crippen molar-refractivity contribution in [1.29, 1.82) is 0 Å². The Kier molecular flexibility index (Phi) is 5.26. The van der Waals surface area contributed by atoms with E-state index in [1.165, 1.54) is 22.0 Å². The summed E-state index contributed by atoms with van der Waals surface area (Å²) in [5, 5.41) is 0. The summed E-state index contributed by atoms with van der Waals surface area (Å²) >= 11 is 0. The lowest BCUT2D eigenvalue weighted by molar-refractivity contribution is 0.254. The van der Waals surface area contributed by atoms with Crippen LogP contribution in [0.1, 0.15) is 17.2 Å². The molecule has 0 N–H and O–H groups in total. The summed E-state index contributed by atoms with van der Waals surface area (Å²) in [7, 11) is -0.481. The van der Waals surface area contributed by atoms with E-state index in [1.54, 1.807) is 24.5 Å². The minimum absolute atomic E-state index is 0.153. The second-order valence-electron chi connectivity index (χ2n) is 7.96. The van der Waals surface area contributed by atoms with Gasteiger partial charge in [0.1, 0.15) is 5.82 Å². The Hall–Kier alpha value is -1.80. The SMILES string of the molecule is CN(C)S(=O)(=O)N1C[C@@H]2CN(Cc3ccccc3)C[C@@H]2[C@H]1c1cccc(F)c1. The van der Waals surface area contributed by atoms with Crippen LogP contribution in [0.15, 0.2) is 54.6 Å². The molecule has 3 atom stereocenters. The predicted molar refractivity (Wildman–Crippen MR) is 107 cm³/mol. The molecule has 2 aromatic rings. The lowest BCUT2D eigenvalue weighted by atomic mass is 9.90. The van der Waals surface area contributed by atoms with Gasteiger partial charge in [0.15, 0.2) is 0 Å². The fraction of sp³-hybridized carbons (Fsp3) is 0.429. The normalized spacial score (nSPS) is 26.1. The third-order valence-corrected chi connectivity index (χ3v) is 7.79. The van der Waals surface area contributed by atoms with Gasteiger partial charge in [0, 0.05) is 40.3 Å². The van der Waals surface area contributed by atoms with Gasteiger partial charge in [0.2, 0.25) is 0 Å². The molecule has 150 valence electrons. The van der Waals surface area contributed by atoms with Crippen molar-refractivity contribution in [2.24, 2.45) is 11.8 Å². The maximum absolute atomic E-state index is 13.9. The van der Waals surface area contributed by atoms with Gasteiger partial charge in [0.05, 0.1) is 6.04 Å². The van der Waals surface area contributed by atoms with E-state index in [2.05, 4.69) is 17.0 Å². The van der Waals surface area contributed by atoms with E-state index >= 15 is 0 Å². The molecule has 0 bridgehead atoms. The van der Waals surface area contributed by atoms with Crippen molar-refractivity contribution in [2.45, 2.75) is 12.6 Å². The van der Waals surface area contributed by atoms with E-state index in [-0.39, 0.29) is 23.7 Å². The van der Waals surface area contributed by atoms with E-state index in [0.717, 1.165) is 25.2 Å². The molecular weight excluding hydrogens is 377 g/mol. The molecule has 4 rings (SSSR count). The van der Waals surface area contributed by atoms with Crippen LogP contribution in [0.25, 0.3) is 0 Å². The van der Waals surface area contributed by atoms with Crippen molar-refractivity contribution in [1.82, 2.24) is 13.5 Å². The average Bonchev–Trinajstić information content (AvgIpc) is 3.19. The Bertz CT molecular complexity index is 936. The topological polar surface area (TPSA) is 43.9 Å². The van der Waals surface area contributed by atoms with E-state index < -0.39 is 10.2 Å². The molecule has 2 aromatic carbocycles. The van der Waals surface area contributed by atoms with Gasteiger partial charge in [-0.15, -0.1) is 0 Å². The average molecular weight is 404 g/mol. The van der Waals surface area contributed by atoms with Gasteiger partial charge >= 0.3 is 0 Å². The highest BCUT2D eigenvalue weighted by Crippen LogP contribution is 2.46. The van der Waals surface area contributed by atoms with Gasteiger partial charge in [-0.3, -0.25) is 4.90 Å². The zero-order chi connectivity index (χ0) is 19.9. The van der Waals surface area contributed by atoms with E-state index in [1.807, 2.05) is 24.3 Å². The summed E-state index contributed by atoms with van der Waals surface area (Å²) in [6.45, 7) is 2.98. The summed E-state index contributed by atoms with van der Waals surface area (Å²) in [4.78, 5) is 2.39. The van der Waals surface area contributed by atoms with Gasteiger partial charge in [0.25, 0.3) is 10.2 Å². The first-order valence-corrected chi connectivity index (χ1v) is 11.0. The second-order valence-corrected chi connectivity index (χ2v) is 10.1. The van der Waals surface area contributed by atoms with Crippen LogP contribution in [-0.2, 0) is 16.8 Å². The van der Waals surface area contributed by atoms with Crippen molar-refractivity contribution in [3.05, 3.63) is 71.5 Å². The number of benzene rings is 2. The fourth-order valence-corrected chi connectivity index (χ4v) is 5.98. The molecule has 2 heterocycles.